The lowest BCUT2D eigenvalue weighted by Crippen LogP contribution is -2.52. The molecule has 0 bridgehead atoms. The Hall–Kier alpha value is -2.08. The molecule has 1 fully saturated rings. The molecular weight excluding hydrogens is 270 g/mol. The summed E-state index contributed by atoms with van der Waals surface area (Å²) in [6.07, 6.45) is 0.282. The smallest absolute Gasteiger partial charge is 0.248 e. The van der Waals surface area contributed by atoms with Crippen LogP contribution in [0, 0.1) is 0 Å². The fourth-order valence-corrected chi connectivity index (χ4v) is 2.88. The number of nitrogens with two attached hydrogens (primary N) is 1. The minimum Gasteiger partial charge on any atom is -0.367 e. The van der Waals surface area contributed by atoms with Crippen LogP contribution in [-0.4, -0.2) is 55.6 Å². The molecule has 0 saturated carbocycles. The largest absolute Gasteiger partial charge is 0.367 e. The van der Waals surface area contributed by atoms with Crippen LogP contribution >= 0.6 is 0 Å². The van der Waals surface area contributed by atoms with Gasteiger partial charge in [0.1, 0.15) is 0 Å². The number of carbonyl (C=O) groups is 2. The van der Waals surface area contributed by atoms with E-state index in [0.29, 0.717) is 19.7 Å². The summed E-state index contributed by atoms with van der Waals surface area (Å²) in [7, 11) is 0. The highest BCUT2D eigenvalue weighted by atomic mass is 16.5. The lowest BCUT2D eigenvalue weighted by atomic mass is 10.2. The van der Waals surface area contributed by atoms with Gasteiger partial charge in [0.05, 0.1) is 19.7 Å². The second-order valence-corrected chi connectivity index (χ2v) is 5.40. The van der Waals surface area contributed by atoms with Gasteiger partial charge in [0.2, 0.25) is 11.8 Å². The summed E-state index contributed by atoms with van der Waals surface area (Å²) >= 11 is 0. The van der Waals surface area contributed by atoms with Gasteiger partial charge in [-0.15, -0.1) is 0 Å². The Morgan fingerprint density at radius 1 is 1.29 bits per heavy atom. The van der Waals surface area contributed by atoms with E-state index in [0.717, 1.165) is 18.7 Å². The summed E-state index contributed by atoms with van der Waals surface area (Å²) in [5, 5.41) is 0. The predicted octanol–water partition coefficient (Wildman–Crippen LogP) is -0.238. The highest BCUT2D eigenvalue weighted by molar-refractivity contribution is 5.84. The second kappa shape index (κ2) is 5.73. The number of hydrogen-bond donors (Lipinski definition) is 1. The number of para-hydroxylation sites is 1. The van der Waals surface area contributed by atoms with Crippen molar-refractivity contribution in [3.63, 3.8) is 0 Å². The number of primary amides is 1. The summed E-state index contributed by atoms with van der Waals surface area (Å²) in [5.74, 6) is -0.500. The monoisotopic (exact) mass is 289 g/mol. The van der Waals surface area contributed by atoms with E-state index in [1.165, 1.54) is 5.56 Å². The van der Waals surface area contributed by atoms with Gasteiger partial charge in [0, 0.05) is 18.8 Å². The number of hydrogen-bond acceptors (Lipinski definition) is 4. The van der Waals surface area contributed by atoms with Crippen LogP contribution in [0.25, 0.3) is 0 Å². The van der Waals surface area contributed by atoms with Crippen LogP contribution < -0.4 is 10.6 Å². The van der Waals surface area contributed by atoms with Crippen molar-refractivity contribution >= 4 is 17.5 Å². The summed E-state index contributed by atoms with van der Waals surface area (Å²) < 4.78 is 5.26. The zero-order chi connectivity index (χ0) is 14.8. The SMILES string of the molecule is NC(=O)[C@H]1CN(C(=O)CN2CCc3ccccc32)CCO1. The van der Waals surface area contributed by atoms with Gasteiger partial charge in [0.15, 0.2) is 6.10 Å². The van der Waals surface area contributed by atoms with E-state index in [9.17, 15) is 9.59 Å². The highest BCUT2D eigenvalue weighted by Crippen LogP contribution is 2.27. The molecule has 3 rings (SSSR count). The molecule has 2 aliphatic heterocycles. The molecule has 1 atom stereocenters. The Labute approximate surface area is 123 Å². The molecule has 0 aliphatic carbocycles. The predicted molar refractivity (Wildman–Crippen MR) is 77.9 cm³/mol. The molecule has 2 heterocycles. The normalized spacial score (nSPS) is 21.2. The lowest BCUT2D eigenvalue weighted by molar-refractivity contribution is -0.144. The van der Waals surface area contributed by atoms with Crippen LogP contribution in [0.4, 0.5) is 5.69 Å². The van der Waals surface area contributed by atoms with E-state index in [2.05, 4.69) is 11.0 Å². The van der Waals surface area contributed by atoms with Crippen LogP contribution in [0.3, 0.4) is 0 Å². The molecule has 1 aromatic carbocycles. The van der Waals surface area contributed by atoms with Gasteiger partial charge >= 0.3 is 0 Å². The first-order valence-electron chi connectivity index (χ1n) is 7.16. The van der Waals surface area contributed by atoms with E-state index >= 15 is 0 Å². The first-order chi connectivity index (χ1) is 10.1. The first-order valence-corrected chi connectivity index (χ1v) is 7.16. The number of anilines is 1. The maximum atomic E-state index is 12.4. The highest BCUT2D eigenvalue weighted by Gasteiger charge is 2.29. The van der Waals surface area contributed by atoms with Gasteiger partial charge in [0.25, 0.3) is 0 Å². The maximum Gasteiger partial charge on any atom is 0.248 e. The van der Waals surface area contributed by atoms with Gasteiger partial charge in [-0.2, -0.15) is 0 Å². The number of amides is 2. The van der Waals surface area contributed by atoms with Gasteiger partial charge in [-0.25, -0.2) is 0 Å². The van der Waals surface area contributed by atoms with Gasteiger partial charge < -0.3 is 20.3 Å². The fraction of sp³-hybridized carbons (Fsp3) is 0.467. The zero-order valence-corrected chi connectivity index (χ0v) is 11.8. The Bertz CT molecular complexity index is 561. The van der Waals surface area contributed by atoms with Gasteiger partial charge in [-0.1, -0.05) is 18.2 Å². The average Bonchev–Trinajstić information content (AvgIpc) is 2.91. The molecule has 6 nitrogen and oxygen atoms in total. The Kier molecular flexibility index (Phi) is 3.79. The summed E-state index contributed by atoms with van der Waals surface area (Å²) in [6, 6.07) is 8.14. The van der Waals surface area contributed by atoms with Crippen molar-refractivity contribution in [3.8, 4) is 0 Å². The summed E-state index contributed by atoms with van der Waals surface area (Å²) in [5.41, 5.74) is 7.65. The maximum absolute atomic E-state index is 12.4. The molecule has 0 aromatic heterocycles. The third kappa shape index (κ3) is 2.85. The molecule has 2 aliphatic rings. The van der Waals surface area contributed by atoms with Crippen LogP contribution in [0.15, 0.2) is 24.3 Å². The summed E-state index contributed by atoms with van der Waals surface area (Å²) in [4.78, 5) is 27.3. The standard InChI is InChI=1S/C15H19N3O3/c16-15(20)13-9-18(7-8-21-13)14(19)10-17-6-5-11-3-1-2-4-12(11)17/h1-4,13H,5-10H2,(H2,16,20)/t13-/m1/s1. The summed E-state index contributed by atoms with van der Waals surface area (Å²) in [6.45, 7) is 2.31. The second-order valence-electron chi connectivity index (χ2n) is 5.40. The van der Waals surface area contributed by atoms with Gasteiger partial charge in [-0.3, -0.25) is 9.59 Å². The van der Waals surface area contributed by atoms with Crippen LogP contribution in [0.1, 0.15) is 5.56 Å². The quantitative estimate of drug-likeness (QED) is 0.833. The Morgan fingerprint density at radius 3 is 2.90 bits per heavy atom. The average molecular weight is 289 g/mol. The van der Waals surface area contributed by atoms with Crippen LogP contribution in [0.5, 0.6) is 0 Å². The fourth-order valence-electron chi connectivity index (χ4n) is 2.88. The molecule has 0 unspecified atom stereocenters. The van der Waals surface area contributed by atoms with Crippen LogP contribution in [-0.2, 0) is 20.7 Å². The number of benzene rings is 1. The molecule has 1 aromatic rings. The number of morpholine rings is 1. The molecular formula is C15H19N3O3. The molecule has 21 heavy (non-hydrogen) atoms. The first kappa shape index (κ1) is 13.9. The van der Waals surface area contributed by atoms with Crippen LogP contribution in [0.2, 0.25) is 0 Å². The zero-order valence-electron chi connectivity index (χ0n) is 11.8. The molecule has 2 amide bonds. The number of rotatable bonds is 3. The number of carbonyl (C=O) groups excluding carboxylic acids is 2. The topological polar surface area (TPSA) is 75.9 Å². The van der Waals surface area contributed by atoms with E-state index in [4.69, 9.17) is 10.5 Å². The van der Waals surface area contributed by atoms with Gasteiger partial charge in [-0.05, 0) is 18.1 Å². The van der Waals surface area contributed by atoms with Crippen molar-refractivity contribution in [1.82, 2.24) is 4.90 Å². The molecule has 2 N–H and O–H groups in total. The Balaban J connectivity index is 1.63. The number of ether oxygens (including phenoxy) is 1. The van der Waals surface area contributed by atoms with Crippen molar-refractivity contribution in [2.45, 2.75) is 12.5 Å². The van der Waals surface area contributed by atoms with Crippen molar-refractivity contribution < 1.29 is 14.3 Å². The third-order valence-corrected chi connectivity index (χ3v) is 4.05. The Morgan fingerprint density at radius 2 is 2.10 bits per heavy atom. The number of nitrogens with zero attached hydrogens (tertiary/aromatic N) is 2. The molecule has 1 saturated heterocycles. The minimum atomic E-state index is -0.687. The molecule has 0 radical (unpaired) electrons. The van der Waals surface area contributed by atoms with Crippen molar-refractivity contribution in [3.05, 3.63) is 29.8 Å². The van der Waals surface area contributed by atoms with Crippen molar-refractivity contribution in [2.75, 3.05) is 37.7 Å². The third-order valence-electron chi connectivity index (χ3n) is 4.05. The van der Waals surface area contributed by atoms with E-state index in [1.54, 1.807) is 4.90 Å². The van der Waals surface area contributed by atoms with E-state index < -0.39 is 12.0 Å². The van der Waals surface area contributed by atoms with E-state index in [1.807, 2.05) is 18.2 Å². The lowest BCUT2D eigenvalue weighted by Gasteiger charge is -2.32. The molecule has 0 spiro atoms. The van der Waals surface area contributed by atoms with Crippen molar-refractivity contribution in [2.24, 2.45) is 5.73 Å². The van der Waals surface area contributed by atoms with E-state index in [-0.39, 0.29) is 12.5 Å². The van der Waals surface area contributed by atoms with Crippen molar-refractivity contribution in [1.29, 1.82) is 0 Å². The minimum absolute atomic E-state index is 0.0150. The number of fused-ring (bicyclic) bond motifs is 1. The molecule has 112 valence electrons. The molecule has 6 heteroatoms.